The fraction of sp³-hybridized carbons (Fsp3) is 0.278. The van der Waals surface area contributed by atoms with Gasteiger partial charge in [-0.05, 0) is 43.7 Å². The fourth-order valence-electron chi connectivity index (χ4n) is 2.16. The van der Waals surface area contributed by atoms with Gasteiger partial charge in [0.15, 0.2) is 0 Å². The molecule has 2 aromatic rings. The summed E-state index contributed by atoms with van der Waals surface area (Å²) in [7, 11) is 0. The summed E-state index contributed by atoms with van der Waals surface area (Å²) >= 11 is 5.98. The molecule has 2 N–H and O–H groups in total. The van der Waals surface area contributed by atoms with Crippen molar-refractivity contribution in [2.45, 2.75) is 20.3 Å². The molecular formula is C18H21ClN2O2. The maximum absolute atomic E-state index is 12.1. The molecule has 0 heterocycles. The Bertz CT molecular complexity index is 674. The zero-order valence-electron chi connectivity index (χ0n) is 13.4. The molecule has 0 aromatic heterocycles. The molecule has 122 valence electrons. The minimum atomic E-state index is -0.0654. The van der Waals surface area contributed by atoms with Gasteiger partial charge < -0.3 is 15.4 Å². The molecule has 0 spiro atoms. The van der Waals surface area contributed by atoms with Crippen LogP contribution in [0.5, 0.6) is 5.75 Å². The number of carbonyl (C=O) groups is 1. The predicted molar refractivity (Wildman–Crippen MR) is 95.5 cm³/mol. The normalized spacial score (nSPS) is 10.2. The molecule has 4 nitrogen and oxygen atoms in total. The van der Waals surface area contributed by atoms with Gasteiger partial charge >= 0.3 is 0 Å². The van der Waals surface area contributed by atoms with E-state index in [0.717, 1.165) is 11.3 Å². The molecule has 0 saturated carbocycles. The third-order valence-corrected chi connectivity index (χ3v) is 3.56. The molecule has 2 aromatic carbocycles. The Hall–Kier alpha value is -2.20. The number of carbonyl (C=O) groups excluding carboxylic acids is 1. The lowest BCUT2D eigenvalue weighted by atomic mass is 10.2. The van der Waals surface area contributed by atoms with E-state index in [-0.39, 0.29) is 5.91 Å². The summed E-state index contributed by atoms with van der Waals surface area (Å²) in [5.74, 6) is 0.617. The summed E-state index contributed by atoms with van der Waals surface area (Å²) in [6.45, 7) is 5.00. The molecule has 0 unspecified atom stereocenters. The van der Waals surface area contributed by atoms with Gasteiger partial charge in [0.2, 0.25) is 5.91 Å². The van der Waals surface area contributed by atoms with Gasteiger partial charge in [-0.15, -0.1) is 0 Å². The molecule has 0 bridgehead atoms. The van der Waals surface area contributed by atoms with E-state index in [1.54, 1.807) is 0 Å². The summed E-state index contributed by atoms with van der Waals surface area (Å²) in [4.78, 5) is 12.1. The van der Waals surface area contributed by atoms with Crippen LogP contribution in [-0.2, 0) is 4.79 Å². The number of rotatable bonds is 7. The smallest absolute Gasteiger partial charge is 0.226 e. The summed E-state index contributed by atoms with van der Waals surface area (Å²) in [6.07, 6.45) is 0.354. The highest BCUT2D eigenvalue weighted by atomic mass is 35.5. The molecular weight excluding hydrogens is 312 g/mol. The number of benzene rings is 2. The highest BCUT2D eigenvalue weighted by Gasteiger charge is 2.07. The van der Waals surface area contributed by atoms with Gasteiger partial charge in [0.25, 0.3) is 0 Å². The lowest BCUT2D eigenvalue weighted by Gasteiger charge is -2.12. The maximum Gasteiger partial charge on any atom is 0.226 e. The monoisotopic (exact) mass is 332 g/mol. The number of halogens is 1. The van der Waals surface area contributed by atoms with Crippen LogP contribution in [-0.4, -0.2) is 19.1 Å². The van der Waals surface area contributed by atoms with Crippen LogP contribution in [0.3, 0.4) is 0 Å². The van der Waals surface area contributed by atoms with E-state index in [4.69, 9.17) is 16.3 Å². The molecule has 0 aliphatic carbocycles. The van der Waals surface area contributed by atoms with E-state index < -0.39 is 0 Å². The van der Waals surface area contributed by atoms with Gasteiger partial charge in [0.05, 0.1) is 12.3 Å². The molecule has 2 rings (SSSR count). The Kier molecular flexibility index (Phi) is 6.29. The van der Waals surface area contributed by atoms with E-state index in [0.29, 0.717) is 36.0 Å². The number of nitrogens with one attached hydrogen (secondary N) is 2. The van der Waals surface area contributed by atoms with Crippen LogP contribution in [0.2, 0.25) is 5.02 Å². The van der Waals surface area contributed by atoms with Crippen LogP contribution in [0.25, 0.3) is 0 Å². The highest BCUT2D eigenvalue weighted by molar-refractivity contribution is 6.30. The quantitative estimate of drug-likeness (QED) is 0.785. The highest BCUT2D eigenvalue weighted by Crippen LogP contribution is 2.24. The molecule has 0 fully saturated rings. The molecule has 0 aliphatic rings. The van der Waals surface area contributed by atoms with Crippen molar-refractivity contribution in [3.05, 3.63) is 53.1 Å². The number of anilines is 2. The maximum atomic E-state index is 12.1. The molecule has 0 atom stereocenters. The first kappa shape index (κ1) is 17.2. The standard InChI is InChI=1S/C18H21ClN2O2/c1-3-23-17-7-5-4-6-15(17)21-18(22)10-11-20-16-12-14(19)9-8-13(16)2/h4-9,12,20H,3,10-11H2,1-2H3,(H,21,22). The van der Waals surface area contributed by atoms with Crippen LogP contribution in [0, 0.1) is 6.92 Å². The van der Waals surface area contributed by atoms with Crippen molar-refractivity contribution in [2.75, 3.05) is 23.8 Å². The first-order chi connectivity index (χ1) is 11.1. The van der Waals surface area contributed by atoms with Gasteiger partial charge in [-0.1, -0.05) is 29.8 Å². The number of para-hydroxylation sites is 2. The average Bonchev–Trinajstić information content (AvgIpc) is 2.53. The molecule has 1 amide bonds. The average molecular weight is 333 g/mol. The van der Waals surface area contributed by atoms with Crippen LogP contribution in [0.4, 0.5) is 11.4 Å². The van der Waals surface area contributed by atoms with Crippen molar-refractivity contribution >= 4 is 28.9 Å². The SMILES string of the molecule is CCOc1ccccc1NC(=O)CCNc1cc(Cl)ccc1C. The summed E-state index contributed by atoms with van der Waals surface area (Å²) in [5.41, 5.74) is 2.73. The fourth-order valence-corrected chi connectivity index (χ4v) is 2.33. The molecule has 23 heavy (non-hydrogen) atoms. The third-order valence-electron chi connectivity index (χ3n) is 3.33. The number of ether oxygens (including phenoxy) is 1. The second kappa shape index (κ2) is 8.44. The number of amides is 1. The van der Waals surface area contributed by atoms with Crippen LogP contribution in [0.1, 0.15) is 18.9 Å². The molecule has 0 radical (unpaired) electrons. The van der Waals surface area contributed by atoms with E-state index in [9.17, 15) is 4.79 Å². The topological polar surface area (TPSA) is 50.4 Å². The van der Waals surface area contributed by atoms with Crippen molar-refractivity contribution < 1.29 is 9.53 Å². The molecule has 0 saturated heterocycles. The number of aryl methyl sites for hydroxylation is 1. The van der Waals surface area contributed by atoms with E-state index in [1.165, 1.54) is 0 Å². The Labute approximate surface area is 141 Å². The Morgan fingerprint density at radius 1 is 1.17 bits per heavy atom. The van der Waals surface area contributed by atoms with Gasteiger partial charge in [-0.3, -0.25) is 4.79 Å². The lowest BCUT2D eigenvalue weighted by Crippen LogP contribution is -2.17. The summed E-state index contributed by atoms with van der Waals surface area (Å²) < 4.78 is 5.50. The van der Waals surface area contributed by atoms with Gasteiger partial charge in [-0.2, -0.15) is 0 Å². The van der Waals surface area contributed by atoms with Crippen molar-refractivity contribution in [3.8, 4) is 5.75 Å². The van der Waals surface area contributed by atoms with E-state index in [1.807, 2.05) is 56.3 Å². The zero-order chi connectivity index (χ0) is 16.7. The van der Waals surface area contributed by atoms with Gasteiger partial charge in [0.1, 0.15) is 5.75 Å². The second-order valence-corrected chi connectivity index (χ2v) is 5.55. The van der Waals surface area contributed by atoms with E-state index >= 15 is 0 Å². The van der Waals surface area contributed by atoms with E-state index in [2.05, 4.69) is 10.6 Å². The van der Waals surface area contributed by atoms with Crippen molar-refractivity contribution in [1.29, 1.82) is 0 Å². The number of hydrogen-bond donors (Lipinski definition) is 2. The van der Waals surface area contributed by atoms with Gasteiger partial charge in [0, 0.05) is 23.7 Å². The van der Waals surface area contributed by atoms with Crippen molar-refractivity contribution in [2.24, 2.45) is 0 Å². The first-order valence-corrected chi connectivity index (χ1v) is 7.99. The molecule has 5 heteroatoms. The van der Waals surface area contributed by atoms with Crippen LogP contribution < -0.4 is 15.4 Å². The van der Waals surface area contributed by atoms with Crippen molar-refractivity contribution in [3.63, 3.8) is 0 Å². The largest absolute Gasteiger partial charge is 0.492 e. The lowest BCUT2D eigenvalue weighted by molar-refractivity contribution is -0.116. The Morgan fingerprint density at radius 3 is 2.74 bits per heavy atom. The Morgan fingerprint density at radius 2 is 1.96 bits per heavy atom. The van der Waals surface area contributed by atoms with Crippen molar-refractivity contribution in [1.82, 2.24) is 0 Å². The molecule has 0 aliphatic heterocycles. The van der Waals surface area contributed by atoms with Crippen LogP contribution >= 0.6 is 11.6 Å². The second-order valence-electron chi connectivity index (χ2n) is 5.11. The van der Waals surface area contributed by atoms with Crippen LogP contribution in [0.15, 0.2) is 42.5 Å². The van der Waals surface area contributed by atoms with Gasteiger partial charge in [-0.25, -0.2) is 0 Å². The minimum Gasteiger partial charge on any atom is -0.492 e. The zero-order valence-corrected chi connectivity index (χ0v) is 14.1. The Balaban J connectivity index is 1.87. The third kappa shape index (κ3) is 5.18. The summed E-state index contributed by atoms with van der Waals surface area (Å²) in [5, 5.41) is 6.79. The predicted octanol–water partition coefficient (Wildman–Crippen LogP) is 4.49. The minimum absolute atomic E-state index is 0.0654. The first-order valence-electron chi connectivity index (χ1n) is 7.62. The summed E-state index contributed by atoms with van der Waals surface area (Å²) in [6, 6.07) is 13.1. The number of hydrogen-bond acceptors (Lipinski definition) is 3.